The van der Waals surface area contributed by atoms with Gasteiger partial charge in [-0.1, -0.05) is 12.1 Å². The lowest BCUT2D eigenvalue weighted by Crippen LogP contribution is -2.37. The van der Waals surface area contributed by atoms with Crippen LogP contribution in [0.3, 0.4) is 0 Å². The molecule has 2 aromatic rings. The van der Waals surface area contributed by atoms with E-state index in [0.29, 0.717) is 12.1 Å². The Hall–Kier alpha value is -1.39. The Bertz CT molecular complexity index is 558. The second-order valence-corrected chi connectivity index (χ2v) is 5.30. The highest BCUT2D eigenvalue weighted by Crippen LogP contribution is 2.17. The van der Waals surface area contributed by atoms with E-state index in [9.17, 15) is 0 Å². The lowest BCUT2D eigenvalue weighted by atomic mass is 10.1. The maximum atomic E-state index is 5.70. The molecule has 0 bridgehead atoms. The van der Waals surface area contributed by atoms with Gasteiger partial charge in [-0.15, -0.1) is 0 Å². The van der Waals surface area contributed by atoms with Gasteiger partial charge in [0.05, 0.1) is 23.7 Å². The molecular weight excluding hydrogens is 238 g/mol. The number of nitrogens with one attached hydrogen (secondary N) is 1. The first-order chi connectivity index (χ1) is 9.25. The highest BCUT2D eigenvalue weighted by Gasteiger charge is 2.22. The average Bonchev–Trinajstić information content (AvgIpc) is 3.05. The summed E-state index contributed by atoms with van der Waals surface area (Å²) in [5.74, 6) is 1.08. The predicted molar refractivity (Wildman–Crippen MR) is 76.0 cm³/mol. The van der Waals surface area contributed by atoms with Crippen LogP contribution in [0.5, 0.6) is 0 Å². The minimum Gasteiger partial charge on any atom is -0.377 e. The van der Waals surface area contributed by atoms with Gasteiger partial charge in [-0.25, -0.2) is 4.98 Å². The molecule has 0 amide bonds. The number of hydrogen-bond donors (Lipinski definition) is 1. The summed E-state index contributed by atoms with van der Waals surface area (Å²) in [7, 11) is 2.07. The number of aromatic nitrogens is 2. The first-order valence-corrected chi connectivity index (χ1v) is 7.01. The Morgan fingerprint density at radius 1 is 1.47 bits per heavy atom. The maximum absolute atomic E-state index is 5.70. The summed E-state index contributed by atoms with van der Waals surface area (Å²) >= 11 is 0. The van der Waals surface area contributed by atoms with Crippen molar-refractivity contribution in [1.82, 2.24) is 14.9 Å². The molecule has 0 radical (unpaired) electrons. The molecule has 19 heavy (non-hydrogen) atoms. The van der Waals surface area contributed by atoms with E-state index in [4.69, 9.17) is 4.74 Å². The molecule has 1 aliphatic rings. The molecule has 0 saturated carbocycles. The van der Waals surface area contributed by atoms with Crippen molar-refractivity contribution in [2.75, 3.05) is 6.61 Å². The zero-order valence-electron chi connectivity index (χ0n) is 11.6. The topological polar surface area (TPSA) is 39.1 Å². The van der Waals surface area contributed by atoms with E-state index >= 15 is 0 Å². The number of aryl methyl sites for hydroxylation is 1. The summed E-state index contributed by atoms with van der Waals surface area (Å²) in [6, 6.07) is 8.62. The SMILES string of the molecule is CC(NCc1nc2ccccc2n1C)C1CCCO1. The summed E-state index contributed by atoms with van der Waals surface area (Å²) in [5, 5.41) is 3.53. The fraction of sp³-hybridized carbons (Fsp3) is 0.533. The first-order valence-electron chi connectivity index (χ1n) is 7.01. The Kier molecular flexibility index (Phi) is 3.53. The largest absolute Gasteiger partial charge is 0.377 e. The molecule has 1 saturated heterocycles. The van der Waals surface area contributed by atoms with Crippen LogP contribution in [0.15, 0.2) is 24.3 Å². The van der Waals surface area contributed by atoms with Crippen LogP contribution in [-0.2, 0) is 18.3 Å². The molecule has 2 heterocycles. The number of fused-ring (bicyclic) bond motifs is 1. The van der Waals surface area contributed by atoms with Crippen LogP contribution in [0.1, 0.15) is 25.6 Å². The fourth-order valence-corrected chi connectivity index (χ4v) is 2.73. The third-order valence-corrected chi connectivity index (χ3v) is 3.98. The van der Waals surface area contributed by atoms with Gasteiger partial charge in [-0.3, -0.25) is 0 Å². The van der Waals surface area contributed by atoms with Crippen LogP contribution in [0.4, 0.5) is 0 Å². The van der Waals surface area contributed by atoms with Crippen LogP contribution in [0.2, 0.25) is 0 Å². The second kappa shape index (κ2) is 5.31. The summed E-state index contributed by atoms with van der Waals surface area (Å²) in [6.45, 7) is 3.88. The maximum Gasteiger partial charge on any atom is 0.123 e. The highest BCUT2D eigenvalue weighted by molar-refractivity contribution is 5.75. The Morgan fingerprint density at radius 3 is 3.05 bits per heavy atom. The van der Waals surface area contributed by atoms with Crippen LogP contribution in [-0.4, -0.2) is 28.3 Å². The molecule has 0 aliphatic carbocycles. The molecule has 4 nitrogen and oxygen atoms in total. The van der Waals surface area contributed by atoms with Gasteiger partial charge >= 0.3 is 0 Å². The summed E-state index contributed by atoms with van der Waals surface area (Å²) in [6.07, 6.45) is 2.70. The minimum atomic E-state index is 0.356. The van der Waals surface area contributed by atoms with Gasteiger partial charge in [0.25, 0.3) is 0 Å². The third kappa shape index (κ3) is 2.51. The molecule has 0 spiro atoms. The van der Waals surface area contributed by atoms with Gasteiger partial charge in [0.1, 0.15) is 5.82 Å². The molecule has 1 aromatic heterocycles. The van der Waals surface area contributed by atoms with Crippen LogP contribution in [0.25, 0.3) is 11.0 Å². The van der Waals surface area contributed by atoms with E-state index in [1.54, 1.807) is 0 Å². The van der Waals surface area contributed by atoms with Crippen molar-refractivity contribution >= 4 is 11.0 Å². The van der Waals surface area contributed by atoms with Crippen LogP contribution < -0.4 is 5.32 Å². The molecule has 1 fully saturated rings. The van der Waals surface area contributed by atoms with Crippen molar-refractivity contribution in [1.29, 1.82) is 0 Å². The monoisotopic (exact) mass is 259 g/mol. The zero-order valence-corrected chi connectivity index (χ0v) is 11.6. The van der Waals surface area contributed by atoms with E-state index in [1.807, 2.05) is 6.07 Å². The van der Waals surface area contributed by atoms with Crippen molar-refractivity contribution < 1.29 is 4.74 Å². The Labute approximate surface area is 113 Å². The molecule has 1 N–H and O–H groups in total. The van der Waals surface area contributed by atoms with Crippen molar-refractivity contribution in [3.05, 3.63) is 30.1 Å². The first kappa shape index (κ1) is 12.6. The summed E-state index contributed by atoms with van der Waals surface area (Å²) in [4.78, 5) is 4.67. The number of rotatable bonds is 4. The zero-order chi connectivity index (χ0) is 13.2. The molecule has 2 atom stereocenters. The predicted octanol–water partition coefficient (Wildman–Crippen LogP) is 2.23. The molecule has 102 valence electrons. The van der Waals surface area contributed by atoms with E-state index in [0.717, 1.165) is 30.9 Å². The molecule has 1 aromatic carbocycles. The number of para-hydroxylation sites is 2. The minimum absolute atomic E-state index is 0.356. The van der Waals surface area contributed by atoms with Gasteiger partial charge in [0.15, 0.2) is 0 Å². The number of benzene rings is 1. The standard InChI is InChI=1S/C15H21N3O/c1-11(14-8-5-9-19-14)16-10-15-17-12-6-3-4-7-13(12)18(15)2/h3-4,6-7,11,14,16H,5,8-10H2,1-2H3. The number of ether oxygens (including phenoxy) is 1. The van der Waals surface area contributed by atoms with Gasteiger partial charge in [0.2, 0.25) is 0 Å². The average molecular weight is 259 g/mol. The quantitative estimate of drug-likeness (QED) is 0.915. The number of nitrogens with zero attached hydrogens (tertiary/aromatic N) is 2. The Morgan fingerprint density at radius 2 is 2.32 bits per heavy atom. The van der Waals surface area contributed by atoms with Gasteiger partial charge in [-0.2, -0.15) is 0 Å². The third-order valence-electron chi connectivity index (χ3n) is 3.98. The Balaban J connectivity index is 1.69. The fourth-order valence-electron chi connectivity index (χ4n) is 2.73. The van der Waals surface area contributed by atoms with E-state index in [-0.39, 0.29) is 0 Å². The molecular formula is C15H21N3O. The summed E-state index contributed by atoms with van der Waals surface area (Å²) < 4.78 is 7.86. The highest BCUT2D eigenvalue weighted by atomic mass is 16.5. The number of imidazole rings is 1. The van der Waals surface area contributed by atoms with Gasteiger partial charge in [0, 0.05) is 19.7 Å². The lowest BCUT2D eigenvalue weighted by molar-refractivity contribution is 0.0829. The van der Waals surface area contributed by atoms with Crippen LogP contribution >= 0.6 is 0 Å². The molecule has 2 unspecified atom stereocenters. The number of hydrogen-bond acceptors (Lipinski definition) is 3. The summed E-state index contributed by atoms with van der Waals surface area (Å²) in [5.41, 5.74) is 2.25. The lowest BCUT2D eigenvalue weighted by Gasteiger charge is -2.19. The van der Waals surface area contributed by atoms with Crippen molar-refractivity contribution in [2.24, 2.45) is 7.05 Å². The van der Waals surface area contributed by atoms with E-state index < -0.39 is 0 Å². The molecule has 1 aliphatic heterocycles. The molecule has 4 heteroatoms. The second-order valence-electron chi connectivity index (χ2n) is 5.30. The van der Waals surface area contributed by atoms with Crippen molar-refractivity contribution in [3.63, 3.8) is 0 Å². The molecule has 3 rings (SSSR count). The van der Waals surface area contributed by atoms with E-state index in [1.165, 1.54) is 11.9 Å². The van der Waals surface area contributed by atoms with Crippen LogP contribution in [0, 0.1) is 0 Å². The van der Waals surface area contributed by atoms with E-state index in [2.05, 4.69) is 47.0 Å². The normalized spacial score (nSPS) is 21.1. The smallest absolute Gasteiger partial charge is 0.123 e. The van der Waals surface area contributed by atoms with Crippen molar-refractivity contribution in [3.8, 4) is 0 Å². The van der Waals surface area contributed by atoms with Gasteiger partial charge < -0.3 is 14.6 Å². The van der Waals surface area contributed by atoms with Crippen molar-refractivity contribution in [2.45, 2.75) is 38.5 Å². The van der Waals surface area contributed by atoms with Gasteiger partial charge in [-0.05, 0) is 31.9 Å².